The maximum atomic E-state index is 13.3. The first-order chi connectivity index (χ1) is 15.7. The maximum Gasteiger partial charge on any atom is 0.300 e. The van der Waals surface area contributed by atoms with E-state index in [2.05, 4.69) is 0 Å². The molecule has 1 N–H and O–H groups in total. The predicted molar refractivity (Wildman–Crippen MR) is 130 cm³/mol. The number of anilines is 1. The number of amides is 1. The summed E-state index contributed by atoms with van der Waals surface area (Å²) < 4.78 is 5.40. The minimum atomic E-state index is -0.910. The smallest absolute Gasteiger partial charge is 0.300 e. The lowest BCUT2D eigenvalue weighted by atomic mass is 9.94. The monoisotopic (exact) mass is 481 g/mol. The number of aliphatic hydroxyl groups excluding tert-OH is 1. The maximum absolute atomic E-state index is 13.3. The molecule has 1 amide bonds. The topological polar surface area (TPSA) is 66.8 Å². The molecule has 1 fully saturated rings. The molecule has 3 aromatic rings. The summed E-state index contributed by atoms with van der Waals surface area (Å²) in [6, 6.07) is 16.5. The van der Waals surface area contributed by atoms with E-state index in [1.807, 2.05) is 32.0 Å². The Morgan fingerprint density at radius 2 is 1.67 bits per heavy atom. The molecule has 0 aliphatic carbocycles. The van der Waals surface area contributed by atoms with Gasteiger partial charge in [0.05, 0.1) is 34.3 Å². The molecule has 1 aliphatic heterocycles. The molecule has 1 atom stereocenters. The molecule has 0 spiro atoms. The number of hydrogen-bond acceptors (Lipinski definition) is 4. The van der Waals surface area contributed by atoms with Crippen LogP contribution in [0.4, 0.5) is 5.69 Å². The third-order valence-electron chi connectivity index (χ3n) is 5.59. The molecule has 168 valence electrons. The van der Waals surface area contributed by atoms with Gasteiger partial charge in [0.2, 0.25) is 0 Å². The highest BCUT2D eigenvalue weighted by Gasteiger charge is 2.47. The zero-order valence-corrected chi connectivity index (χ0v) is 19.7. The van der Waals surface area contributed by atoms with Crippen LogP contribution in [0, 0.1) is 13.8 Å². The average Bonchev–Trinajstić information content (AvgIpc) is 3.05. The molecule has 3 aromatic carbocycles. The average molecular weight is 482 g/mol. The molecule has 0 saturated carbocycles. The minimum absolute atomic E-state index is 0.0520. The van der Waals surface area contributed by atoms with Gasteiger partial charge in [-0.25, -0.2) is 0 Å². The van der Waals surface area contributed by atoms with Gasteiger partial charge in [-0.1, -0.05) is 53.0 Å². The third-order valence-corrected chi connectivity index (χ3v) is 6.33. The van der Waals surface area contributed by atoms with E-state index < -0.39 is 17.7 Å². The Bertz CT molecular complexity index is 1320. The van der Waals surface area contributed by atoms with Crippen LogP contribution >= 0.6 is 23.2 Å². The SMILES string of the molecule is COc1ccc(C)cc1/C(O)=C1\C(=O)C(=O)N(c2cccc(C)c2)C1c1ccc(Cl)c(Cl)c1. The Balaban J connectivity index is 2.01. The second-order valence-corrected chi connectivity index (χ2v) is 8.70. The van der Waals surface area contributed by atoms with Crippen molar-refractivity contribution in [2.75, 3.05) is 12.0 Å². The summed E-state index contributed by atoms with van der Waals surface area (Å²) in [5, 5.41) is 12.0. The van der Waals surface area contributed by atoms with E-state index in [1.165, 1.54) is 12.0 Å². The van der Waals surface area contributed by atoms with E-state index in [0.717, 1.165) is 11.1 Å². The first-order valence-electron chi connectivity index (χ1n) is 10.2. The normalized spacial score (nSPS) is 17.5. The number of ketones is 1. The first-order valence-corrected chi connectivity index (χ1v) is 11.0. The lowest BCUT2D eigenvalue weighted by Gasteiger charge is -2.26. The Morgan fingerprint density at radius 3 is 2.33 bits per heavy atom. The van der Waals surface area contributed by atoms with Crippen LogP contribution in [-0.4, -0.2) is 23.9 Å². The number of hydrogen-bond donors (Lipinski definition) is 1. The van der Waals surface area contributed by atoms with Crippen molar-refractivity contribution in [3.63, 3.8) is 0 Å². The van der Waals surface area contributed by atoms with Crippen LogP contribution in [0.15, 0.2) is 66.2 Å². The van der Waals surface area contributed by atoms with Crippen molar-refractivity contribution in [2.24, 2.45) is 0 Å². The zero-order chi connectivity index (χ0) is 23.9. The number of benzene rings is 3. The number of aliphatic hydroxyl groups is 1. The van der Waals surface area contributed by atoms with Gasteiger partial charge < -0.3 is 9.84 Å². The first kappa shape index (κ1) is 22.9. The highest BCUT2D eigenvalue weighted by molar-refractivity contribution is 6.52. The van der Waals surface area contributed by atoms with Crippen LogP contribution in [0.3, 0.4) is 0 Å². The van der Waals surface area contributed by atoms with Gasteiger partial charge in [0, 0.05) is 5.69 Å². The van der Waals surface area contributed by atoms with Crippen molar-refractivity contribution in [2.45, 2.75) is 19.9 Å². The minimum Gasteiger partial charge on any atom is -0.507 e. The second kappa shape index (κ2) is 8.93. The molecule has 0 bridgehead atoms. The molecule has 1 unspecified atom stereocenters. The van der Waals surface area contributed by atoms with Crippen LogP contribution in [0.1, 0.15) is 28.3 Å². The number of carbonyl (C=O) groups is 2. The fourth-order valence-corrected chi connectivity index (χ4v) is 4.33. The number of nitrogens with zero attached hydrogens (tertiary/aromatic N) is 1. The predicted octanol–water partition coefficient (Wildman–Crippen LogP) is 6.25. The number of aryl methyl sites for hydroxylation is 2. The summed E-state index contributed by atoms with van der Waals surface area (Å²) in [7, 11) is 1.48. The van der Waals surface area contributed by atoms with E-state index in [9.17, 15) is 14.7 Å². The molecular formula is C26H21Cl2NO4. The fourth-order valence-electron chi connectivity index (χ4n) is 4.03. The Hall–Kier alpha value is -3.28. The lowest BCUT2D eigenvalue weighted by Crippen LogP contribution is -2.29. The van der Waals surface area contributed by atoms with E-state index in [1.54, 1.807) is 42.5 Å². The molecule has 0 radical (unpaired) electrons. The van der Waals surface area contributed by atoms with Gasteiger partial charge in [0.15, 0.2) is 0 Å². The molecule has 4 rings (SSSR count). The second-order valence-electron chi connectivity index (χ2n) is 7.89. The van der Waals surface area contributed by atoms with Crippen molar-refractivity contribution in [1.82, 2.24) is 0 Å². The van der Waals surface area contributed by atoms with Crippen LogP contribution in [-0.2, 0) is 9.59 Å². The fraction of sp³-hybridized carbons (Fsp3) is 0.154. The Labute approximate surface area is 201 Å². The molecular weight excluding hydrogens is 461 g/mol. The molecule has 5 nitrogen and oxygen atoms in total. The van der Waals surface area contributed by atoms with Gasteiger partial charge >= 0.3 is 0 Å². The summed E-state index contributed by atoms with van der Waals surface area (Å²) in [4.78, 5) is 27.9. The van der Waals surface area contributed by atoms with Crippen LogP contribution in [0.5, 0.6) is 5.75 Å². The molecule has 1 heterocycles. The third kappa shape index (κ3) is 4.10. The van der Waals surface area contributed by atoms with E-state index in [-0.39, 0.29) is 16.4 Å². The van der Waals surface area contributed by atoms with Crippen LogP contribution in [0.2, 0.25) is 10.0 Å². The number of ether oxygens (including phenoxy) is 1. The summed E-state index contributed by atoms with van der Waals surface area (Å²) in [5.74, 6) is -1.48. The van der Waals surface area contributed by atoms with E-state index in [4.69, 9.17) is 27.9 Å². The number of rotatable bonds is 4. The van der Waals surface area contributed by atoms with Crippen molar-refractivity contribution in [3.8, 4) is 5.75 Å². The molecule has 7 heteroatoms. The Morgan fingerprint density at radius 1 is 0.939 bits per heavy atom. The number of Topliss-reactive ketones (excluding diaryl/α,β-unsaturated/α-hetero) is 1. The van der Waals surface area contributed by atoms with Crippen molar-refractivity contribution >= 4 is 46.3 Å². The summed E-state index contributed by atoms with van der Waals surface area (Å²) in [6.45, 7) is 3.75. The molecule has 0 aromatic heterocycles. The summed E-state index contributed by atoms with van der Waals surface area (Å²) in [5.41, 5.74) is 3.12. The molecule has 33 heavy (non-hydrogen) atoms. The van der Waals surface area contributed by atoms with Gasteiger partial charge in [0.1, 0.15) is 11.5 Å². The lowest BCUT2D eigenvalue weighted by molar-refractivity contribution is -0.132. The van der Waals surface area contributed by atoms with E-state index in [0.29, 0.717) is 27.6 Å². The van der Waals surface area contributed by atoms with Crippen LogP contribution < -0.4 is 9.64 Å². The quantitative estimate of drug-likeness (QED) is 0.271. The van der Waals surface area contributed by atoms with Crippen molar-refractivity contribution < 1.29 is 19.4 Å². The largest absolute Gasteiger partial charge is 0.507 e. The van der Waals surface area contributed by atoms with Crippen LogP contribution in [0.25, 0.3) is 5.76 Å². The zero-order valence-electron chi connectivity index (χ0n) is 18.2. The molecule has 1 saturated heterocycles. The van der Waals surface area contributed by atoms with Gasteiger partial charge in [-0.3, -0.25) is 14.5 Å². The Kier molecular flexibility index (Phi) is 6.19. The highest BCUT2D eigenvalue weighted by atomic mass is 35.5. The van der Waals surface area contributed by atoms with Crippen molar-refractivity contribution in [3.05, 3.63) is 98.5 Å². The van der Waals surface area contributed by atoms with Gasteiger partial charge in [-0.2, -0.15) is 0 Å². The number of methoxy groups -OCH3 is 1. The number of halogens is 2. The highest BCUT2D eigenvalue weighted by Crippen LogP contribution is 2.44. The standard InChI is InChI=1S/C26H21Cl2NO4/c1-14-5-4-6-17(11-14)29-23(16-8-9-19(27)20(28)13-16)22(25(31)26(29)32)24(30)18-12-15(2)7-10-21(18)33-3/h4-13,23,30H,1-3H3/b24-22+. The van der Waals surface area contributed by atoms with Gasteiger partial charge in [0.25, 0.3) is 11.7 Å². The summed E-state index contributed by atoms with van der Waals surface area (Å²) in [6.07, 6.45) is 0. The molecule has 1 aliphatic rings. The van der Waals surface area contributed by atoms with E-state index >= 15 is 0 Å². The van der Waals surface area contributed by atoms with Gasteiger partial charge in [-0.05, 0) is 61.4 Å². The number of carbonyl (C=O) groups excluding carboxylic acids is 2. The van der Waals surface area contributed by atoms with Crippen molar-refractivity contribution in [1.29, 1.82) is 0 Å². The van der Waals surface area contributed by atoms with Gasteiger partial charge in [-0.15, -0.1) is 0 Å². The summed E-state index contributed by atoms with van der Waals surface area (Å²) >= 11 is 12.4.